The largest absolute Gasteiger partial charge is 0.309 e. The van der Waals surface area contributed by atoms with E-state index in [1.807, 2.05) is 6.20 Å². The zero-order chi connectivity index (χ0) is 28.8. The lowest BCUT2D eigenvalue weighted by molar-refractivity contribution is 0.807. The van der Waals surface area contributed by atoms with Gasteiger partial charge in [-0.3, -0.25) is 4.57 Å². The Morgan fingerprint density at radius 2 is 1.17 bits per heavy atom. The molecule has 0 aliphatic carbocycles. The van der Waals surface area contributed by atoms with Gasteiger partial charge in [0.1, 0.15) is 5.82 Å². The van der Waals surface area contributed by atoms with Crippen LogP contribution in [0.5, 0.6) is 0 Å². The molecule has 42 heavy (non-hydrogen) atoms. The van der Waals surface area contributed by atoms with Crippen molar-refractivity contribution in [1.82, 2.24) is 14.1 Å². The van der Waals surface area contributed by atoms with Crippen molar-refractivity contribution in [2.75, 3.05) is 0 Å². The number of para-hydroxylation sites is 2. The summed E-state index contributed by atoms with van der Waals surface area (Å²) in [4.78, 5) is 4.80. The fourth-order valence-electron chi connectivity index (χ4n) is 6.30. The second-order valence-corrected chi connectivity index (χ2v) is 11.7. The molecule has 0 N–H and O–H groups in total. The van der Waals surface area contributed by atoms with E-state index in [4.69, 9.17) is 4.98 Å². The van der Waals surface area contributed by atoms with Crippen LogP contribution in [0, 0.1) is 0 Å². The van der Waals surface area contributed by atoms with Crippen LogP contribution in [0.4, 0.5) is 0 Å². The number of imidazole rings is 1. The van der Waals surface area contributed by atoms with E-state index in [9.17, 15) is 0 Å². The Morgan fingerprint density at radius 1 is 0.548 bits per heavy atom. The average Bonchev–Trinajstić information content (AvgIpc) is 3.64. The highest BCUT2D eigenvalue weighted by Crippen LogP contribution is 2.40. The number of benzene rings is 5. The van der Waals surface area contributed by atoms with Crippen LogP contribution in [0.25, 0.3) is 55.7 Å². The molecule has 2 heterocycles. The highest BCUT2D eigenvalue weighted by atomic mass is 15.1. The predicted molar refractivity (Wildman–Crippen MR) is 177 cm³/mol. The summed E-state index contributed by atoms with van der Waals surface area (Å²) >= 11 is 0. The van der Waals surface area contributed by atoms with Gasteiger partial charge in [0.25, 0.3) is 0 Å². The molecule has 0 amide bonds. The first kappa shape index (κ1) is 26.0. The van der Waals surface area contributed by atoms with Gasteiger partial charge in [-0.2, -0.15) is 0 Å². The number of rotatable bonds is 6. The molecule has 0 radical (unpaired) electrons. The first-order chi connectivity index (χ1) is 20.5. The molecule has 0 spiro atoms. The molecule has 0 aliphatic rings. The second-order valence-electron chi connectivity index (χ2n) is 11.7. The number of fused-ring (bicyclic) bond motifs is 3. The van der Waals surface area contributed by atoms with Crippen LogP contribution < -0.4 is 0 Å². The number of hydrogen-bond acceptors (Lipinski definition) is 1. The van der Waals surface area contributed by atoms with Gasteiger partial charge >= 0.3 is 0 Å². The molecule has 3 nitrogen and oxygen atoms in total. The summed E-state index contributed by atoms with van der Waals surface area (Å²) in [6.45, 7) is 9.18. The molecule has 0 aliphatic heterocycles. The summed E-state index contributed by atoms with van der Waals surface area (Å²) in [5.41, 5.74) is 11.2. The summed E-state index contributed by atoms with van der Waals surface area (Å²) in [5.74, 6) is 1.65. The van der Waals surface area contributed by atoms with Crippen LogP contribution in [0.15, 0.2) is 128 Å². The minimum absolute atomic E-state index is 0.340. The summed E-state index contributed by atoms with van der Waals surface area (Å²) in [7, 11) is 0. The van der Waals surface area contributed by atoms with Crippen LogP contribution in [0.1, 0.15) is 50.7 Å². The number of aromatic nitrogens is 3. The third-order valence-electron chi connectivity index (χ3n) is 8.35. The fourth-order valence-corrected chi connectivity index (χ4v) is 6.30. The van der Waals surface area contributed by atoms with Gasteiger partial charge in [0.15, 0.2) is 0 Å². The van der Waals surface area contributed by atoms with Crippen molar-refractivity contribution in [3.05, 3.63) is 139 Å². The molecule has 2 aromatic heterocycles. The maximum absolute atomic E-state index is 4.80. The van der Waals surface area contributed by atoms with E-state index in [0.717, 1.165) is 11.4 Å². The van der Waals surface area contributed by atoms with Gasteiger partial charge in [0, 0.05) is 34.4 Å². The Labute approximate surface area is 247 Å². The lowest BCUT2D eigenvalue weighted by atomic mass is 9.88. The summed E-state index contributed by atoms with van der Waals surface area (Å²) in [6.07, 6.45) is 4.03. The van der Waals surface area contributed by atoms with Crippen molar-refractivity contribution < 1.29 is 0 Å². The van der Waals surface area contributed by atoms with E-state index < -0.39 is 0 Å². The van der Waals surface area contributed by atoms with Gasteiger partial charge in [-0.25, -0.2) is 4.98 Å². The van der Waals surface area contributed by atoms with Crippen molar-refractivity contribution in [3.8, 4) is 33.9 Å². The normalized spacial score (nSPS) is 11.8. The van der Waals surface area contributed by atoms with Crippen LogP contribution in [0.2, 0.25) is 0 Å². The Hall–Kier alpha value is -4.89. The Balaban J connectivity index is 1.45. The first-order valence-electron chi connectivity index (χ1n) is 14.9. The molecule has 0 bridgehead atoms. The van der Waals surface area contributed by atoms with E-state index in [1.54, 1.807) is 0 Å². The van der Waals surface area contributed by atoms with Crippen LogP contribution in [-0.4, -0.2) is 14.1 Å². The predicted octanol–water partition coefficient (Wildman–Crippen LogP) is 10.6. The molecule has 7 rings (SSSR count). The Bertz CT molecular complexity index is 2000. The Morgan fingerprint density at radius 3 is 1.86 bits per heavy atom. The fraction of sp³-hybridized carbons (Fsp3) is 0.154. The van der Waals surface area contributed by atoms with E-state index in [1.165, 1.54) is 55.4 Å². The van der Waals surface area contributed by atoms with Gasteiger partial charge in [-0.15, -0.1) is 0 Å². The molecule has 7 aromatic rings. The van der Waals surface area contributed by atoms with Crippen LogP contribution >= 0.6 is 0 Å². The maximum Gasteiger partial charge on any atom is 0.144 e. The smallest absolute Gasteiger partial charge is 0.144 e. The molecule has 0 saturated carbocycles. The molecule has 3 heteroatoms. The van der Waals surface area contributed by atoms with E-state index >= 15 is 0 Å². The van der Waals surface area contributed by atoms with Gasteiger partial charge in [0.2, 0.25) is 0 Å². The summed E-state index contributed by atoms with van der Waals surface area (Å²) in [5, 5.41) is 2.54. The lowest BCUT2D eigenvalue weighted by Gasteiger charge is -2.24. The second kappa shape index (κ2) is 10.5. The lowest BCUT2D eigenvalue weighted by Crippen LogP contribution is -2.08. The van der Waals surface area contributed by atoms with Gasteiger partial charge in [-0.1, -0.05) is 100 Å². The van der Waals surface area contributed by atoms with Gasteiger partial charge in [0.05, 0.1) is 16.7 Å². The molecule has 206 valence electrons. The zero-order valence-corrected chi connectivity index (χ0v) is 24.6. The topological polar surface area (TPSA) is 22.8 Å². The zero-order valence-electron chi connectivity index (χ0n) is 24.6. The summed E-state index contributed by atoms with van der Waals surface area (Å²) < 4.78 is 4.67. The van der Waals surface area contributed by atoms with Gasteiger partial charge in [-0.05, 0) is 76.6 Å². The maximum atomic E-state index is 4.80. The monoisotopic (exact) mass is 545 g/mol. The highest BCUT2D eigenvalue weighted by Gasteiger charge is 2.21. The minimum atomic E-state index is 0.340. The molecule has 0 atom stereocenters. The molecular weight excluding hydrogens is 510 g/mol. The van der Waals surface area contributed by atoms with Crippen LogP contribution in [0.3, 0.4) is 0 Å². The molecule has 0 fully saturated rings. The molecule has 0 saturated heterocycles. The SMILES string of the molecule is CC(C)c1cc(-c2ccc3c(c2)c2ccccc2n3-c2ccccc2)cc(C(C)C)c1-n1ccnc1-c1ccccc1. The average molecular weight is 546 g/mol. The summed E-state index contributed by atoms with van der Waals surface area (Å²) in [6, 6.07) is 41.6. The number of hydrogen-bond donors (Lipinski definition) is 0. The Kier molecular flexibility index (Phi) is 6.51. The van der Waals surface area contributed by atoms with Crippen molar-refractivity contribution in [3.63, 3.8) is 0 Å². The molecule has 5 aromatic carbocycles. The standard InChI is InChI=1S/C39H35N3/c1-26(2)33-24-30(25-34(27(3)4)38(33)41-22-21-40-39(41)28-13-7-5-8-14-28)29-19-20-37-35(23-29)32-17-11-12-18-36(32)42(37)31-15-9-6-10-16-31/h5-27H,1-4H3. The van der Waals surface area contributed by atoms with Crippen molar-refractivity contribution in [1.29, 1.82) is 0 Å². The minimum Gasteiger partial charge on any atom is -0.309 e. The van der Waals surface area contributed by atoms with Crippen molar-refractivity contribution >= 4 is 21.8 Å². The van der Waals surface area contributed by atoms with Crippen LogP contribution in [-0.2, 0) is 0 Å². The molecular formula is C39H35N3. The number of nitrogens with zero attached hydrogens (tertiary/aromatic N) is 3. The third-order valence-corrected chi connectivity index (χ3v) is 8.35. The quantitative estimate of drug-likeness (QED) is 0.204. The van der Waals surface area contributed by atoms with E-state index in [-0.39, 0.29) is 0 Å². The van der Waals surface area contributed by atoms with Crippen molar-refractivity contribution in [2.45, 2.75) is 39.5 Å². The highest BCUT2D eigenvalue weighted by molar-refractivity contribution is 6.10. The van der Waals surface area contributed by atoms with E-state index in [0.29, 0.717) is 11.8 Å². The third kappa shape index (κ3) is 4.33. The van der Waals surface area contributed by atoms with E-state index in [2.05, 4.69) is 158 Å². The van der Waals surface area contributed by atoms with Gasteiger partial charge < -0.3 is 4.57 Å². The molecule has 0 unspecified atom stereocenters. The van der Waals surface area contributed by atoms with Crippen molar-refractivity contribution in [2.24, 2.45) is 0 Å². The first-order valence-corrected chi connectivity index (χ1v) is 14.9.